The highest BCUT2D eigenvalue weighted by molar-refractivity contribution is 5.96. The van der Waals surface area contributed by atoms with Crippen LogP contribution in [0.4, 0.5) is 13.2 Å². The second-order valence-corrected chi connectivity index (χ2v) is 10.3. The molecule has 6 nitrogen and oxygen atoms in total. The summed E-state index contributed by atoms with van der Waals surface area (Å²) >= 11 is 0. The van der Waals surface area contributed by atoms with Gasteiger partial charge in [-0.3, -0.25) is 4.79 Å². The third kappa shape index (κ3) is 5.50. The number of methoxy groups -OCH3 is 2. The second kappa shape index (κ2) is 11.4. The van der Waals surface area contributed by atoms with E-state index in [1.807, 2.05) is 72.8 Å². The average molecular weight is 587 g/mol. The molecule has 9 heteroatoms. The van der Waals surface area contributed by atoms with Crippen LogP contribution in [0.15, 0.2) is 91.0 Å². The number of aromatic amines is 1. The molecule has 4 aromatic carbocycles. The van der Waals surface area contributed by atoms with Gasteiger partial charge in [0.1, 0.15) is 23.9 Å². The van der Waals surface area contributed by atoms with Crippen LogP contribution in [0.1, 0.15) is 44.3 Å². The van der Waals surface area contributed by atoms with E-state index in [0.717, 1.165) is 39.4 Å². The van der Waals surface area contributed by atoms with Crippen LogP contribution in [0, 0.1) is 0 Å². The van der Waals surface area contributed by atoms with Gasteiger partial charge in [0.05, 0.1) is 25.8 Å². The third-order valence-electron chi connectivity index (χ3n) is 7.79. The Hall–Kier alpha value is -4.92. The monoisotopic (exact) mass is 586 g/mol. The van der Waals surface area contributed by atoms with Gasteiger partial charge >= 0.3 is 6.18 Å². The van der Waals surface area contributed by atoms with E-state index in [4.69, 9.17) is 14.2 Å². The van der Waals surface area contributed by atoms with Gasteiger partial charge in [-0.25, -0.2) is 0 Å². The lowest BCUT2D eigenvalue weighted by atomic mass is 9.91. The van der Waals surface area contributed by atoms with Crippen LogP contribution < -0.4 is 14.2 Å². The summed E-state index contributed by atoms with van der Waals surface area (Å²) in [6, 6.07) is 25.9. The fraction of sp³-hybridized carbons (Fsp3) is 0.206. The number of rotatable bonds is 7. The maximum Gasteiger partial charge on any atom is 0.419 e. The molecule has 1 aromatic heterocycles. The Kier molecular flexibility index (Phi) is 7.48. The first kappa shape index (κ1) is 28.2. The van der Waals surface area contributed by atoms with Crippen LogP contribution in [-0.4, -0.2) is 36.6 Å². The molecule has 0 saturated heterocycles. The van der Waals surface area contributed by atoms with E-state index < -0.39 is 23.7 Å². The highest BCUT2D eigenvalue weighted by Gasteiger charge is 2.38. The van der Waals surface area contributed by atoms with Crippen LogP contribution in [0.5, 0.6) is 17.2 Å². The van der Waals surface area contributed by atoms with E-state index in [1.54, 1.807) is 12.0 Å². The summed E-state index contributed by atoms with van der Waals surface area (Å²) in [4.78, 5) is 19.1. The number of H-pyrrole nitrogens is 1. The Morgan fingerprint density at radius 2 is 1.65 bits per heavy atom. The Bertz CT molecular complexity index is 1770. The summed E-state index contributed by atoms with van der Waals surface area (Å²) < 4.78 is 57.8. The van der Waals surface area contributed by atoms with E-state index in [2.05, 4.69) is 4.98 Å². The maximum absolute atomic E-state index is 14.0. The Morgan fingerprint density at radius 3 is 2.35 bits per heavy atom. The highest BCUT2D eigenvalue weighted by atomic mass is 19.4. The van der Waals surface area contributed by atoms with Gasteiger partial charge in [-0.05, 0) is 71.6 Å². The van der Waals surface area contributed by atoms with Gasteiger partial charge < -0.3 is 24.1 Å². The number of hydrogen-bond acceptors (Lipinski definition) is 4. The van der Waals surface area contributed by atoms with Crippen LogP contribution >= 0.6 is 0 Å². The number of carbonyl (C=O) groups excluding carboxylic acids is 1. The Morgan fingerprint density at radius 1 is 0.907 bits per heavy atom. The minimum atomic E-state index is -4.68. The number of ether oxygens (including phenoxy) is 3. The molecule has 220 valence electrons. The number of nitrogens with one attached hydrogen (secondary N) is 1. The fourth-order valence-corrected chi connectivity index (χ4v) is 5.68. The lowest BCUT2D eigenvalue weighted by Gasteiger charge is -2.36. The Balaban J connectivity index is 1.39. The number of carbonyl (C=O) groups is 1. The van der Waals surface area contributed by atoms with Crippen molar-refractivity contribution in [2.45, 2.75) is 25.2 Å². The first-order valence-corrected chi connectivity index (χ1v) is 13.8. The first-order valence-electron chi connectivity index (χ1n) is 13.8. The molecule has 1 unspecified atom stereocenters. The van der Waals surface area contributed by atoms with E-state index in [9.17, 15) is 18.0 Å². The van der Waals surface area contributed by atoms with Gasteiger partial charge in [-0.1, -0.05) is 42.5 Å². The molecule has 1 aliphatic rings. The quantitative estimate of drug-likeness (QED) is 0.214. The predicted octanol–water partition coefficient (Wildman–Crippen LogP) is 7.57. The van der Waals surface area contributed by atoms with Gasteiger partial charge in [-0.2, -0.15) is 13.2 Å². The molecule has 0 fully saturated rings. The zero-order valence-corrected chi connectivity index (χ0v) is 23.6. The molecular formula is C34H29F3N2O4. The predicted molar refractivity (Wildman–Crippen MR) is 157 cm³/mol. The van der Waals surface area contributed by atoms with E-state index in [1.165, 1.54) is 19.2 Å². The van der Waals surface area contributed by atoms with E-state index in [0.29, 0.717) is 31.1 Å². The summed E-state index contributed by atoms with van der Waals surface area (Å²) in [7, 11) is 2.78. The largest absolute Gasteiger partial charge is 0.497 e. The minimum absolute atomic E-state index is 0.0674. The number of benzene rings is 4. The number of nitrogens with zero attached hydrogens (tertiary/aromatic N) is 1. The van der Waals surface area contributed by atoms with Crippen molar-refractivity contribution in [3.63, 3.8) is 0 Å². The molecule has 1 N–H and O–H groups in total. The van der Waals surface area contributed by atoms with Gasteiger partial charge in [0.25, 0.3) is 5.91 Å². The van der Waals surface area contributed by atoms with Crippen molar-refractivity contribution in [2.75, 3.05) is 20.8 Å². The van der Waals surface area contributed by atoms with Crippen LogP contribution in [0.3, 0.4) is 0 Å². The van der Waals surface area contributed by atoms with Crippen molar-refractivity contribution >= 4 is 16.8 Å². The zero-order valence-electron chi connectivity index (χ0n) is 23.6. The standard InChI is InChI=1S/C34H29F3N2O4/c1-41-25-13-14-29-27(19-25)26-16-17-39(33(40)23-10-15-30(42-2)28(18-23)34(35,36)37)32(31(26)38-29)22-8-11-24(12-9-22)43-20-21-6-4-3-5-7-21/h3-15,18-19,32,38H,16-17,20H2,1-2H3. The second-order valence-electron chi connectivity index (χ2n) is 10.3. The topological polar surface area (TPSA) is 63.8 Å². The first-order chi connectivity index (χ1) is 20.8. The zero-order chi connectivity index (χ0) is 30.1. The molecule has 2 heterocycles. The average Bonchev–Trinajstić information content (AvgIpc) is 3.41. The van der Waals surface area contributed by atoms with Crippen LogP contribution in [0.25, 0.3) is 10.9 Å². The molecule has 0 bridgehead atoms. The van der Waals surface area contributed by atoms with Crippen molar-refractivity contribution in [1.82, 2.24) is 9.88 Å². The molecule has 1 aliphatic heterocycles. The molecule has 0 spiro atoms. The fourth-order valence-electron chi connectivity index (χ4n) is 5.68. The summed E-state index contributed by atoms with van der Waals surface area (Å²) in [5, 5.41) is 0.984. The molecular weight excluding hydrogens is 557 g/mol. The molecule has 0 saturated carbocycles. The van der Waals surface area contributed by atoms with Gasteiger partial charge in [0.15, 0.2) is 0 Å². The molecule has 6 rings (SSSR count). The van der Waals surface area contributed by atoms with Crippen molar-refractivity contribution in [3.8, 4) is 17.2 Å². The normalized spacial score (nSPS) is 14.8. The van der Waals surface area contributed by atoms with Gasteiger partial charge in [0.2, 0.25) is 0 Å². The number of aromatic nitrogens is 1. The number of alkyl halides is 3. The van der Waals surface area contributed by atoms with Gasteiger partial charge in [0, 0.05) is 28.7 Å². The molecule has 1 amide bonds. The highest BCUT2D eigenvalue weighted by Crippen LogP contribution is 2.42. The maximum atomic E-state index is 14.0. The number of fused-ring (bicyclic) bond motifs is 3. The Labute approximate surface area is 246 Å². The van der Waals surface area contributed by atoms with Crippen molar-refractivity contribution in [3.05, 3.63) is 125 Å². The number of halogens is 3. The van der Waals surface area contributed by atoms with Crippen molar-refractivity contribution in [2.24, 2.45) is 0 Å². The van der Waals surface area contributed by atoms with Crippen molar-refractivity contribution in [1.29, 1.82) is 0 Å². The van der Waals surface area contributed by atoms with E-state index >= 15 is 0 Å². The summed E-state index contributed by atoms with van der Waals surface area (Å²) in [6.07, 6.45) is -4.16. The molecule has 0 aliphatic carbocycles. The summed E-state index contributed by atoms with van der Waals surface area (Å²) in [5.41, 5.74) is 3.51. The van der Waals surface area contributed by atoms with E-state index in [-0.39, 0.29) is 11.3 Å². The lowest BCUT2D eigenvalue weighted by molar-refractivity contribution is -0.138. The minimum Gasteiger partial charge on any atom is -0.497 e. The molecule has 5 aromatic rings. The lowest BCUT2D eigenvalue weighted by Crippen LogP contribution is -2.40. The van der Waals surface area contributed by atoms with Crippen molar-refractivity contribution < 1.29 is 32.2 Å². The number of amides is 1. The summed E-state index contributed by atoms with van der Waals surface area (Å²) in [6.45, 7) is 0.710. The van der Waals surface area contributed by atoms with Crippen LogP contribution in [-0.2, 0) is 19.2 Å². The SMILES string of the molecule is COc1ccc2[nH]c3c(c2c1)CCN(C(=O)c1ccc(OC)c(C(F)(F)F)c1)C3c1ccc(OCc2ccccc2)cc1. The summed E-state index contributed by atoms with van der Waals surface area (Å²) in [5.74, 6) is 0.525. The number of hydrogen-bond donors (Lipinski definition) is 1. The smallest absolute Gasteiger partial charge is 0.419 e. The van der Waals surface area contributed by atoms with Gasteiger partial charge in [-0.15, -0.1) is 0 Å². The molecule has 0 radical (unpaired) electrons. The molecule has 43 heavy (non-hydrogen) atoms. The molecule has 1 atom stereocenters. The van der Waals surface area contributed by atoms with Crippen LogP contribution in [0.2, 0.25) is 0 Å². The third-order valence-corrected chi connectivity index (χ3v) is 7.79.